The molecule has 0 amide bonds. The molecule has 0 spiro atoms. The topological polar surface area (TPSA) is 120 Å². The van der Waals surface area contributed by atoms with E-state index in [1.807, 2.05) is 31.2 Å². The van der Waals surface area contributed by atoms with Crippen molar-refractivity contribution in [3.63, 3.8) is 0 Å². The molecule has 2 heterocycles. The molecule has 0 saturated carbocycles. The van der Waals surface area contributed by atoms with Crippen molar-refractivity contribution < 1.29 is 9.94 Å². The minimum Gasteiger partial charge on any atom is -0.734 e. The number of thioether (sulfide) groups is 2. The van der Waals surface area contributed by atoms with Gasteiger partial charge in [0, 0.05) is 36.3 Å². The van der Waals surface area contributed by atoms with Gasteiger partial charge >= 0.3 is 0 Å². The molecular weight excluding hydrogens is 486 g/mol. The Morgan fingerprint density at radius 1 is 1.11 bits per heavy atom. The van der Waals surface area contributed by atoms with E-state index in [1.165, 1.54) is 4.91 Å². The van der Waals surface area contributed by atoms with Crippen molar-refractivity contribution in [3.05, 3.63) is 76.5 Å². The molecule has 0 radical (unpaired) electrons. The lowest BCUT2D eigenvalue weighted by Crippen LogP contribution is -2.28. The van der Waals surface area contributed by atoms with Gasteiger partial charge in [-0.25, -0.2) is 0 Å². The van der Waals surface area contributed by atoms with Crippen LogP contribution in [-0.2, 0) is 4.84 Å². The molecule has 2 atom stereocenters. The molecule has 2 unspecified atom stereocenters. The SMILES string of the molecule is C=CN([O-])OCCN(CC)c1ccc(N=NC2NC3=C(CC(N=Nc4ccc(O)cc4)S3)S2)cc1. The Labute approximate surface area is 212 Å². The van der Waals surface area contributed by atoms with E-state index in [0.717, 1.165) is 35.6 Å². The van der Waals surface area contributed by atoms with Gasteiger partial charge in [0.2, 0.25) is 0 Å². The maximum atomic E-state index is 11.1. The zero-order valence-electron chi connectivity index (χ0n) is 19.1. The molecule has 12 heteroatoms. The third-order valence-electron chi connectivity index (χ3n) is 5.13. The summed E-state index contributed by atoms with van der Waals surface area (Å²) in [6.07, 6.45) is 1.88. The van der Waals surface area contributed by atoms with Gasteiger partial charge in [-0.05, 0) is 55.5 Å². The summed E-state index contributed by atoms with van der Waals surface area (Å²) in [7, 11) is 0. The monoisotopic (exact) mass is 512 g/mol. The predicted molar refractivity (Wildman–Crippen MR) is 140 cm³/mol. The molecule has 2 aliphatic heterocycles. The normalized spacial score (nSPS) is 19.4. The average molecular weight is 513 g/mol. The summed E-state index contributed by atoms with van der Waals surface area (Å²) in [6, 6.07) is 14.4. The van der Waals surface area contributed by atoms with Crippen LogP contribution in [-0.4, -0.2) is 40.9 Å². The number of aromatic hydroxyl groups is 1. The van der Waals surface area contributed by atoms with Crippen LogP contribution >= 0.6 is 23.5 Å². The fourth-order valence-electron chi connectivity index (χ4n) is 3.37. The van der Waals surface area contributed by atoms with Gasteiger partial charge in [0.1, 0.15) is 11.1 Å². The first-order valence-electron chi connectivity index (χ1n) is 11.0. The molecule has 2 aromatic carbocycles. The number of azo groups is 2. The molecule has 0 bridgehead atoms. The fraction of sp³-hybridized carbons (Fsp3) is 0.304. The van der Waals surface area contributed by atoms with Gasteiger partial charge in [0.05, 0.1) is 23.0 Å². The number of hydrogen-bond donors (Lipinski definition) is 2. The summed E-state index contributed by atoms with van der Waals surface area (Å²) in [5.74, 6) is 0.211. The van der Waals surface area contributed by atoms with Gasteiger partial charge in [-0.2, -0.15) is 20.5 Å². The highest BCUT2D eigenvalue weighted by atomic mass is 32.2. The van der Waals surface area contributed by atoms with Crippen LogP contribution in [0.4, 0.5) is 17.1 Å². The van der Waals surface area contributed by atoms with Crippen LogP contribution < -0.4 is 10.2 Å². The lowest BCUT2D eigenvalue weighted by Gasteiger charge is -2.27. The maximum absolute atomic E-state index is 11.1. The lowest BCUT2D eigenvalue weighted by atomic mass is 10.2. The second-order valence-electron chi connectivity index (χ2n) is 7.49. The smallest absolute Gasteiger partial charge is 0.192 e. The molecular formula is C23H26N7O3S2-. The number of hydroxylamine groups is 2. The second-order valence-corrected chi connectivity index (χ2v) is 9.85. The largest absolute Gasteiger partial charge is 0.734 e. The Kier molecular flexibility index (Phi) is 8.64. The summed E-state index contributed by atoms with van der Waals surface area (Å²) < 4.78 is 0. The van der Waals surface area contributed by atoms with Gasteiger partial charge in [0.25, 0.3) is 0 Å². The number of hydrogen-bond acceptors (Lipinski definition) is 12. The van der Waals surface area contributed by atoms with E-state index in [9.17, 15) is 10.3 Å². The van der Waals surface area contributed by atoms with Crippen LogP contribution in [0.1, 0.15) is 13.3 Å². The molecule has 4 rings (SSSR count). The summed E-state index contributed by atoms with van der Waals surface area (Å²) >= 11 is 3.29. The van der Waals surface area contributed by atoms with Gasteiger partial charge in [-0.3, -0.25) is 4.84 Å². The van der Waals surface area contributed by atoms with Gasteiger partial charge in [0.15, 0.2) is 5.50 Å². The molecule has 0 fully saturated rings. The first-order valence-corrected chi connectivity index (χ1v) is 12.8. The molecule has 2 aliphatic rings. The molecule has 10 nitrogen and oxygen atoms in total. The van der Waals surface area contributed by atoms with Crippen molar-refractivity contribution >= 4 is 40.6 Å². The number of likely N-dealkylation sites (N-methyl/N-ethyl adjacent to an activating group) is 1. The zero-order valence-corrected chi connectivity index (χ0v) is 20.8. The minimum atomic E-state index is -0.161. The number of nitrogens with zero attached hydrogens (tertiary/aromatic N) is 6. The molecule has 184 valence electrons. The van der Waals surface area contributed by atoms with E-state index in [0.29, 0.717) is 17.5 Å². The highest BCUT2D eigenvalue weighted by Crippen LogP contribution is 2.48. The van der Waals surface area contributed by atoms with Crippen molar-refractivity contribution in [2.45, 2.75) is 24.2 Å². The van der Waals surface area contributed by atoms with Crippen LogP contribution in [0.15, 0.2) is 91.7 Å². The highest BCUT2D eigenvalue weighted by Gasteiger charge is 2.34. The van der Waals surface area contributed by atoms with Gasteiger partial charge < -0.3 is 25.8 Å². The predicted octanol–water partition coefficient (Wildman–Crippen LogP) is 6.21. The number of phenols is 1. The summed E-state index contributed by atoms with van der Waals surface area (Å²) in [6.45, 7) is 7.04. The van der Waals surface area contributed by atoms with Crippen molar-refractivity contribution in [2.75, 3.05) is 24.6 Å². The number of rotatable bonds is 11. The second kappa shape index (κ2) is 12.1. The third kappa shape index (κ3) is 6.98. The fourth-order valence-corrected chi connectivity index (χ4v) is 5.81. The van der Waals surface area contributed by atoms with Crippen LogP contribution in [0, 0.1) is 5.21 Å². The standard InChI is InChI=1S/C23H26N7O3S2/c1-3-29(13-14-33-30(32)4-2)18-9-5-16(6-10-18)26-28-23-24-22-20(34-23)15-21(35-22)27-25-17-7-11-19(31)12-8-17/h4-12,21,23-24,31H,2-3,13-15H2,1H3/q-1. The Bertz CT molecular complexity index is 1080. The van der Waals surface area contributed by atoms with E-state index in [1.54, 1.807) is 47.8 Å². The minimum absolute atomic E-state index is 0.0274. The summed E-state index contributed by atoms with van der Waals surface area (Å²) in [4.78, 5) is 8.31. The lowest BCUT2D eigenvalue weighted by molar-refractivity contribution is -0.0771. The van der Waals surface area contributed by atoms with E-state index in [-0.39, 0.29) is 23.2 Å². The number of phenolic OH excluding ortho intramolecular Hbond substituents is 1. The Hall–Kier alpha value is -3.06. The molecule has 2 N–H and O–H groups in total. The van der Waals surface area contributed by atoms with Crippen molar-refractivity contribution in [3.8, 4) is 5.75 Å². The van der Waals surface area contributed by atoms with Crippen LogP contribution in [0.3, 0.4) is 0 Å². The number of anilines is 1. The van der Waals surface area contributed by atoms with Gasteiger partial charge in [-0.1, -0.05) is 30.1 Å². The van der Waals surface area contributed by atoms with Crippen molar-refractivity contribution in [1.29, 1.82) is 0 Å². The zero-order chi connectivity index (χ0) is 24.6. The average Bonchev–Trinajstić information content (AvgIpc) is 3.44. The number of nitrogens with one attached hydrogen (secondary N) is 1. The first-order chi connectivity index (χ1) is 17.0. The molecule has 2 aromatic rings. The molecule has 35 heavy (non-hydrogen) atoms. The quantitative estimate of drug-likeness (QED) is 0.269. The molecule has 0 saturated heterocycles. The maximum Gasteiger partial charge on any atom is 0.192 e. The van der Waals surface area contributed by atoms with E-state index in [4.69, 9.17) is 4.84 Å². The van der Waals surface area contributed by atoms with Crippen molar-refractivity contribution in [1.82, 2.24) is 10.5 Å². The van der Waals surface area contributed by atoms with E-state index in [2.05, 4.69) is 37.3 Å². The summed E-state index contributed by atoms with van der Waals surface area (Å²) in [5, 5.41) is 42.8. The van der Waals surface area contributed by atoms with Crippen LogP contribution in [0.5, 0.6) is 5.75 Å². The molecule has 0 aromatic heterocycles. The molecule has 0 aliphatic carbocycles. The first kappa shape index (κ1) is 25.0. The Morgan fingerprint density at radius 2 is 1.80 bits per heavy atom. The summed E-state index contributed by atoms with van der Waals surface area (Å²) in [5.41, 5.74) is 2.34. The Balaban J connectivity index is 1.23. The van der Waals surface area contributed by atoms with Crippen molar-refractivity contribution in [2.24, 2.45) is 20.5 Å². The van der Waals surface area contributed by atoms with E-state index >= 15 is 0 Å². The highest BCUT2D eigenvalue weighted by molar-refractivity contribution is 8.08. The van der Waals surface area contributed by atoms with Crippen LogP contribution in [0.2, 0.25) is 0 Å². The number of benzene rings is 2. The van der Waals surface area contributed by atoms with Gasteiger partial charge in [-0.15, -0.1) is 0 Å². The van der Waals surface area contributed by atoms with Crippen LogP contribution in [0.25, 0.3) is 0 Å². The van der Waals surface area contributed by atoms with E-state index < -0.39 is 0 Å². The Morgan fingerprint density at radius 3 is 2.46 bits per heavy atom. The third-order valence-corrected chi connectivity index (χ3v) is 7.48.